The van der Waals surface area contributed by atoms with Gasteiger partial charge >= 0.3 is 6.09 Å². The van der Waals surface area contributed by atoms with Crippen molar-refractivity contribution in [1.29, 1.82) is 0 Å². The molecule has 0 saturated carbocycles. The van der Waals surface area contributed by atoms with Crippen molar-refractivity contribution in [2.45, 2.75) is 32.8 Å². The van der Waals surface area contributed by atoms with E-state index in [9.17, 15) is 19.3 Å². The second-order valence-electron chi connectivity index (χ2n) is 6.88. The number of carbonyl (C=O) groups excluding carboxylic acids is 1. The van der Waals surface area contributed by atoms with Gasteiger partial charge in [-0.05, 0) is 39.2 Å². The van der Waals surface area contributed by atoms with E-state index in [1.54, 1.807) is 4.90 Å². The highest BCUT2D eigenvalue weighted by molar-refractivity contribution is 5.68. The fraction of sp³-hybridized carbons (Fsp3) is 0.562. The van der Waals surface area contributed by atoms with Gasteiger partial charge in [-0.3, -0.25) is 10.1 Å². The van der Waals surface area contributed by atoms with Crippen LogP contribution in [0.2, 0.25) is 0 Å². The lowest BCUT2D eigenvalue weighted by molar-refractivity contribution is -0.384. The Balaban J connectivity index is 1.92. The molecule has 7 nitrogen and oxygen atoms in total. The van der Waals surface area contributed by atoms with Crippen LogP contribution in [0.4, 0.5) is 20.6 Å². The minimum Gasteiger partial charge on any atom is -0.444 e. The van der Waals surface area contributed by atoms with Gasteiger partial charge in [0.2, 0.25) is 0 Å². The zero-order valence-corrected chi connectivity index (χ0v) is 14.0. The van der Waals surface area contributed by atoms with Crippen molar-refractivity contribution in [3.05, 3.63) is 34.1 Å². The van der Waals surface area contributed by atoms with E-state index in [0.29, 0.717) is 19.6 Å². The number of halogens is 1. The molecule has 0 aliphatic carbocycles. The quantitative estimate of drug-likeness (QED) is 0.671. The topological polar surface area (TPSA) is 84.7 Å². The van der Waals surface area contributed by atoms with Gasteiger partial charge in [0.1, 0.15) is 17.1 Å². The highest BCUT2D eigenvalue weighted by Gasteiger charge is 2.30. The number of amides is 1. The number of hydrogen-bond donors (Lipinski definition) is 1. The number of rotatable bonds is 4. The van der Waals surface area contributed by atoms with Crippen LogP contribution < -0.4 is 5.32 Å². The van der Waals surface area contributed by atoms with E-state index in [0.717, 1.165) is 24.6 Å². The van der Waals surface area contributed by atoms with Gasteiger partial charge in [-0.1, -0.05) is 0 Å². The molecule has 0 aromatic heterocycles. The molecule has 2 rings (SSSR count). The lowest BCUT2D eigenvalue weighted by Crippen LogP contribution is -2.35. The maximum Gasteiger partial charge on any atom is 0.410 e. The fourth-order valence-corrected chi connectivity index (χ4v) is 2.55. The minimum atomic E-state index is -0.552. The largest absolute Gasteiger partial charge is 0.444 e. The van der Waals surface area contributed by atoms with Crippen molar-refractivity contribution >= 4 is 17.5 Å². The summed E-state index contributed by atoms with van der Waals surface area (Å²) in [5, 5.41) is 13.9. The van der Waals surface area contributed by atoms with Crippen LogP contribution in [0.25, 0.3) is 0 Å². The third kappa shape index (κ3) is 4.81. The molecule has 1 aliphatic rings. The van der Waals surface area contributed by atoms with E-state index in [4.69, 9.17) is 4.74 Å². The van der Waals surface area contributed by atoms with Gasteiger partial charge in [0, 0.05) is 31.8 Å². The number of carbonyl (C=O) groups is 1. The molecule has 1 heterocycles. The standard InChI is InChI=1S/C16H22FN3O4/c1-16(2,3)24-15(21)19-7-6-11(10-19)9-18-13-8-12(17)4-5-14(13)20(22)23/h4-5,8,11,18H,6-7,9-10H2,1-3H3/t11-/m0/s1. The number of nitro groups is 1. The molecule has 1 saturated heterocycles. The Morgan fingerprint density at radius 1 is 1.50 bits per heavy atom. The maximum absolute atomic E-state index is 13.3. The van der Waals surface area contributed by atoms with E-state index in [-0.39, 0.29) is 23.4 Å². The first-order valence-corrected chi connectivity index (χ1v) is 7.81. The second-order valence-corrected chi connectivity index (χ2v) is 6.88. The van der Waals surface area contributed by atoms with Crippen LogP contribution in [-0.4, -0.2) is 41.2 Å². The number of ether oxygens (including phenoxy) is 1. The third-order valence-electron chi connectivity index (χ3n) is 3.67. The van der Waals surface area contributed by atoms with E-state index < -0.39 is 16.3 Å². The smallest absolute Gasteiger partial charge is 0.410 e. The molecule has 1 atom stereocenters. The highest BCUT2D eigenvalue weighted by atomic mass is 19.1. The van der Waals surface area contributed by atoms with Crippen LogP contribution in [0.5, 0.6) is 0 Å². The molecule has 1 aromatic rings. The first-order valence-electron chi connectivity index (χ1n) is 7.81. The Bertz CT molecular complexity index is 630. The van der Waals surface area contributed by atoms with Gasteiger partial charge in [-0.15, -0.1) is 0 Å². The van der Waals surface area contributed by atoms with E-state index in [2.05, 4.69) is 5.32 Å². The molecule has 1 aliphatic heterocycles. The molecule has 1 N–H and O–H groups in total. The van der Waals surface area contributed by atoms with Crippen LogP contribution in [0, 0.1) is 21.8 Å². The van der Waals surface area contributed by atoms with Crippen molar-refractivity contribution in [2.24, 2.45) is 5.92 Å². The van der Waals surface area contributed by atoms with E-state index >= 15 is 0 Å². The van der Waals surface area contributed by atoms with Crippen molar-refractivity contribution < 1.29 is 18.8 Å². The molecule has 132 valence electrons. The summed E-state index contributed by atoms with van der Waals surface area (Å²) in [6.07, 6.45) is 0.400. The number of nitrogens with zero attached hydrogens (tertiary/aromatic N) is 2. The molecule has 1 aromatic carbocycles. The van der Waals surface area contributed by atoms with Crippen molar-refractivity contribution in [3.63, 3.8) is 0 Å². The van der Waals surface area contributed by atoms with Crippen LogP contribution in [0.3, 0.4) is 0 Å². The normalized spacial score (nSPS) is 17.7. The molecule has 0 bridgehead atoms. The average Bonchev–Trinajstić information content (AvgIpc) is 2.92. The van der Waals surface area contributed by atoms with Crippen LogP contribution >= 0.6 is 0 Å². The molecule has 0 spiro atoms. The van der Waals surface area contributed by atoms with Crippen molar-refractivity contribution in [3.8, 4) is 0 Å². The zero-order valence-electron chi connectivity index (χ0n) is 14.0. The summed E-state index contributed by atoms with van der Waals surface area (Å²) in [5.74, 6) is -0.412. The SMILES string of the molecule is CC(C)(C)OC(=O)N1CC[C@@H](CNc2cc(F)ccc2[N+](=O)[O-])C1. The summed E-state index contributed by atoms with van der Waals surface area (Å²) in [7, 11) is 0. The fourth-order valence-electron chi connectivity index (χ4n) is 2.55. The number of nitro benzene ring substituents is 1. The number of hydrogen-bond acceptors (Lipinski definition) is 5. The lowest BCUT2D eigenvalue weighted by Gasteiger charge is -2.24. The predicted octanol–water partition coefficient (Wildman–Crippen LogP) is 3.40. The summed E-state index contributed by atoms with van der Waals surface area (Å²) in [5.41, 5.74) is -0.565. The van der Waals surface area contributed by atoms with Gasteiger partial charge in [-0.25, -0.2) is 9.18 Å². The molecule has 24 heavy (non-hydrogen) atoms. The van der Waals surface area contributed by atoms with Crippen molar-refractivity contribution in [1.82, 2.24) is 4.90 Å². The third-order valence-corrected chi connectivity index (χ3v) is 3.67. The Hall–Kier alpha value is -2.38. The molecule has 8 heteroatoms. The first-order chi connectivity index (χ1) is 11.2. The molecular formula is C16H22FN3O4. The monoisotopic (exact) mass is 339 g/mol. The number of anilines is 1. The molecule has 1 fully saturated rings. The van der Waals surface area contributed by atoms with Crippen molar-refractivity contribution in [2.75, 3.05) is 25.0 Å². The summed E-state index contributed by atoms with van der Waals surface area (Å²) in [6.45, 7) is 6.93. The van der Waals surface area contributed by atoms with Crippen LogP contribution in [0.1, 0.15) is 27.2 Å². The number of nitrogens with one attached hydrogen (secondary N) is 1. The molecular weight excluding hydrogens is 317 g/mol. The second kappa shape index (κ2) is 7.02. The molecule has 0 unspecified atom stereocenters. The van der Waals surface area contributed by atoms with Gasteiger partial charge in [0.05, 0.1) is 4.92 Å². The van der Waals surface area contributed by atoms with Gasteiger partial charge in [0.25, 0.3) is 5.69 Å². The lowest BCUT2D eigenvalue weighted by atomic mass is 10.1. The van der Waals surface area contributed by atoms with Gasteiger partial charge in [-0.2, -0.15) is 0 Å². The highest BCUT2D eigenvalue weighted by Crippen LogP contribution is 2.26. The molecule has 0 radical (unpaired) electrons. The van der Waals surface area contributed by atoms with Crippen LogP contribution in [-0.2, 0) is 4.74 Å². The maximum atomic E-state index is 13.3. The molecule has 1 amide bonds. The van der Waals surface area contributed by atoms with E-state index in [1.165, 1.54) is 0 Å². The average molecular weight is 339 g/mol. The Kier molecular flexibility index (Phi) is 5.26. The summed E-state index contributed by atoms with van der Waals surface area (Å²) < 4.78 is 18.6. The Morgan fingerprint density at radius 2 is 2.21 bits per heavy atom. The summed E-state index contributed by atoms with van der Waals surface area (Å²) in [4.78, 5) is 24.1. The number of benzene rings is 1. The summed E-state index contributed by atoms with van der Waals surface area (Å²) >= 11 is 0. The predicted molar refractivity (Wildman–Crippen MR) is 87.5 cm³/mol. The summed E-state index contributed by atoms with van der Waals surface area (Å²) in [6, 6.07) is 3.31. The Morgan fingerprint density at radius 3 is 2.83 bits per heavy atom. The first kappa shape index (κ1) is 18.0. The van der Waals surface area contributed by atoms with E-state index in [1.807, 2.05) is 20.8 Å². The van der Waals surface area contributed by atoms with Gasteiger partial charge < -0.3 is 15.0 Å². The number of likely N-dealkylation sites (tertiary alicyclic amines) is 1. The Labute approximate surface area is 139 Å². The van der Waals surface area contributed by atoms with Crippen LogP contribution in [0.15, 0.2) is 18.2 Å². The zero-order chi connectivity index (χ0) is 17.9. The van der Waals surface area contributed by atoms with Gasteiger partial charge in [0.15, 0.2) is 0 Å². The minimum absolute atomic E-state index is 0.125.